The number of aromatic nitrogens is 2. The maximum absolute atomic E-state index is 11.8. The molecule has 1 N–H and O–H groups in total. The summed E-state index contributed by atoms with van der Waals surface area (Å²) in [6, 6.07) is 5.61. The minimum absolute atomic E-state index is 0.301. The predicted molar refractivity (Wildman–Crippen MR) is 98.4 cm³/mol. The van der Waals surface area contributed by atoms with Gasteiger partial charge in [0.15, 0.2) is 0 Å². The Balaban J connectivity index is 1.55. The number of nitrogens with zero attached hydrogens (tertiary/aromatic N) is 3. The van der Waals surface area contributed by atoms with Crippen molar-refractivity contribution in [2.24, 2.45) is 5.92 Å². The molecule has 2 heterocycles. The van der Waals surface area contributed by atoms with Crippen LogP contribution < -0.4 is 4.74 Å². The Hall–Kier alpha value is -2.41. The summed E-state index contributed by atoms with van der Waals surface area (Å²) in [6.45, 7) is 2.36. The van der Waals surface area contributed by atoms with E-state index in [1.165, 1.54) is 6.42 Å². The van der Waals surface area contributed by atoms with Crippen molar-refractivity contribution >= 4 is 5.97 Å². The van der Waals surface area contributed by atoms with Crippen molar-refractivity contribution in [1.29, 1.82) is 0 Å². The van der Waals surface area contributed by atoms with E-state index >= 15 is 0 Å². The summed E-state index contributed by atoms with van der Waals surface area (Å²) in [7, 11) is 1.63. The maximum atomic E-state index is 11.8. The maximum Gasteiger partial charge on any atom is 0.320 e. The van der Waals surface area contributed by atoms with Crippen molar-refractivity contribution in [3.05, 3.63) is 29.7 Å². The molecule has 2 fully saturated rings. The van der Waals surface area contributed by atoms with Crippen LogP contribution in [0.4, 0.5) is 0 Å². The lowest BCUT2D eigenvalue weighted by Crippen LogP contribution is -2.41. The smallest absolute Gasteiger partial charge is 0.320 e. The molecule has 1 aromatic heterocycles. The van der Waals surface area contributed by atoms with E-state index in [2.05, 4.69) is 15.0 Å². The first kappa shape index (κ1) is 18.0. The summed E-state index contributed by atoms with van der Waals surface area (Å²) in [5, 5.41) is 13.7. The van der Waals surface area contributed by atoms with Gasteiger partial charge in [-0.1, -0.05) is 30.1 Å². The fourth-order valence-corrected chi connectivity index (χ4v) is 4.57. The number of carbonyl (C=O) groups is 1. The average molecular weight is 371 g/mol. The summed E-state index contributed by atoms with van der Waals surface area (Å²) in [6.07, 6.45) is 5.23. The van der Waals surface area contributed by atoms with Crippen LogP contribution in [0.15, 0.2) is 22.7 Å². The van der Waals surface area contributed by atoms with Gasteiger partial charge in [0.2, 0.25) is 11.7 Å². The molecule has 1 aliphatic heterocycles. The molecule has 1 aromatic carbocycles. The zero-order valence-corrected chi connectivity index (χ0v) is 15.7. The van der Waals surface area contributed by atoms with E-state index in [-0.39, 0.29) is 0 Å². The van der Waals surface area contributed by atoms with E-state index in [9.17, 15) is 9.90 Å². The Morgan fingerprint density at radius 2 is 2.19 bits per heavy atom. The second-order valence-corrected chi connectivity index (χ2v) is 7.57. The highest BCUT2D eigenvalue weighted by Crippen LogP contribution is 2.40. The first-order valence-corrected chi connectivity index (χ1v) is 9.53. The summed E-state index contributed by atoms with van der Waals surface area (Å²) >= 11 is 0. The molecule has 2 aromatic rings. The number of fused-ring (bicyclic) bond motifs is 1. The second kappa shape index (κ2) is 7.31. The van der Waals surface area contributed by atoms with E-state index in [1.54, 1.807) is 7.11 Å². The second-order valence-electron chi connectivity index (χ2n) is 7.57. The van der Waals surface area contributed by atoms with Gasteiger partial charge in [-0.2, -0.15) is 4.98 Å². The van der Waals surface area contributed by atoms with Gasteiger partial charge in [0.25, 0.3) is 0 Å². The highest BCUT2D eigenvalue weighted by Gasteiger charge is 2.45. The lowest BCUT2D eigenvalue weighted by molar-refractivity contribution is -0.143. The van der Waals surface area contributed by atoms with Crippen molar-refractivity contribution in [2.45, 2.75) is 57.7 Å². The highest BCUT2D eigenvalue weighted by molar-refractivity contribution is 5.74. The van der Waals surface area contributed by atoms with Crippen LogP contribution in [-0.2, 0) is 11.3 Å². The van der Waals surface area contributed by atoms with E-state index < -0.39 is 12.0 Å². The largest absolute Gasteiger partial charge is 0.496 e. The molecule has 1 saturated carbocycles. The van der Waals surface area contributed by atoms with Crippen LogP contribution >= 0.6 is 0 Å². The normalized spacial score (nSPS) is 25.3. The van der Waals surface area contributed by atoms with Crippen LogP contribution in [0.1, 0.15) is 43.6 Å². The Morgan fingerprint density at radius 1 is 1.37 bits per heavy atom. The summed E-state index contributed by atoms with van der Waals surface area (Å²) < 4.78 is 10.8. The molecule has 1 saturated heterocycles. The summed E-state index contributed by atoms with van der Waals surface area (Å²) in [5.41, 5.74) is 1.86. The zero-order valence-electron chi connectivity index (χ0n) is 15.7. The number of methoxy groups -OCH3 is 1. The minimum Gasteiger partial charge on any atom is -0.496 e. The molecule has 0 radical (unpaired) electrons. The van der Waals surface area contributed by atoms with Crippen molar-refractivity contribution < 1.29 is 19.2 Å². The molecule has 7 nitrogen and oxygen atoms in total. The molecule has 4 rings (SSSR count). The van der Waals surface area contributed by atoms with Gasteiger partial charge >= 0.3 is 5.97 Å². The highest BCUT2D eigenvalue weighted by atomic mass is 16.5. The van der Waals surface area contributed by atoms with Gasteiger partial charge in [0, 0.05) is 11.6 Å². The van der Waals surface area contributed by atoms with Crippen LogP contribution in [-0.4, -0.2) is 45.3 Å². The van der Waals surface area contributed by atoms with Crippen molar-refractivity contribution in [2.75, 3.05) is 7.11 Å². The minimum atomic E-state index is -0.757. The van der Waals surface area contributed by atoms with E-state index in [4.69, 9.17) is 9.26 Å². The quantitative estimate of drug-likeness (QED) is 0.863. The SMILES string of the molecule is COc1cc(-c2noc(CN3C(C(=O)O)CC4CCCCC43)n2)ccc1C. The number of aryl methyl sites for hydroxylation is 1. The molecule has 3 unspecified atom stereocenters. The Labute approximate surface area is 158 Å². The lowest BCUT2D eigenvalue weighted by atomic mass is 9.85. The third-order valence-corrected chi connectivity index (χ3v) is 5.96. The predicted octanol–water partition coefficient (Wildman–Crippen LogP) is 3.27. The van der Waals surface area contributed by atoms with Crippen LogP contribution in [0, 0.1) is 12.8 Å². The molecule has 7 heteroatoms. The van der Waals surface area contributed by atoms with Gasteiger partial charge in [-0.25, -0.2) is 0 Å². The van der Waals surface area contributed by atoms with Crippen molar-refractivity contribution in [3.63, 3.8) is 0 Å². The molecule has 0 spiro atoms. The fourth-order valence-electron chi connectivity index (χ4n) is 4.57. The van der Waals surface area contributed by atoms with Crippen LogP contribution in [0.25, 0.3) is 11.4 Å². The first-order valence-electron chi connectivity index (χ1n) is 9.53. The van der Waals surface area contributed by atoms with Gasteiger partial charge in [0.1, 0.15) is 11.8 Å². The average Bonchev–Trinajstić information content (AvgIpc) is 3.28. The summed E-state index contributed by atoms with van der Waals surface area (Å²) in [5.74, 6) is 1.43. The molecule has 27 heavy (non-hydrogen) atoms. The lowest BCUT2D eigenvalue weighted by Gasteiger charge is -2.31. The van der Waals surface area contributed by atoms with Crippen LogP contribution in [0.5, 0.6) is 5.75 Å². The first-order chi connectivity index (χ1) is 13.1. The number of carboxylic acid groups (broad SMARTS) is 1. The topological polar surface area (TPSA) is 88.7 Å². The Kier molecular flexibility index (Phi) is 4.86. The molecule has 0 amide bonds. The number of carboxylic acids is 1. The monoisotopic (exact) mass is 371 g/mol. The van der Waals surface area contributed by atoms with Crippen LogP contribution in [0.2, 0.25) is 0 Å². The number of hydrogen-bond donors (Lipinski definition) is 1. The third kappa shape index (κ3) is 3.43. The van der Waals surface area contributed by atoms with Gasteiger partial charge < -0.3 is 14.4 Å². The van der Waals surface area contributed by atoms with E-state index in [1.807, 2.05) is 25.1 Å². The number of ether oxygens (including phenoxy) is 1. The molecule has 2 aliphatic rings. The number of benzene rings is 1. The van der Waals surface area contributed by atoms with Gasteiger partial charge in [-0.05, 0) is 43.7 Å². The fraction of sp³-hybridized carbons (Fsp3) is 0.550. The van der Waals surface area contributed by atoms with Gasteiger partial charge in [-0.15, -0.1) is 0 Å². The number of hydrogen-bond acceptors (Lipinski definition) is 6. The van der Waals surface area contributed by atoms with E-state index in [0.717, 1.165) is 42.6 Å². The molecular weight excluding hydrogens is 346 g/mol. The van der Waals surface area contributed by atoms with Gasteiger partial charge in [-0.3, -0.25) is 9.69 Å². The number of aliphatic carboxylic acids is 1. The number of rotatable bonds is 5. The standard InChI is InChI=1S/C20H25N3O4/c1-12-7-8-14(10-17(12)26-2)19-21-18(27-22-19)11-23-15-6-4-3-5-13(15)9-16(23)20(24)25/h7-8,10,13,15-16H,3-6,9,11H2,1-2H3,(H,24,25). The zero-order chi connectivity index (χ0) is 19.0. The molecule has 1 aliphatic carbocycles. The Bertz CT molecular complexity index is 834. The van der Waals surface area contributed by atoms with Crippen LogP contribution in [0.3, 0.4) is 0 Å². The van der Waals surface area contributed by atoms with Crippen molar-refractivity contribution in [1.82, 2.24) is 15.0 Å². The molecule has 144 valence electrons. The molecular formula is C20H25N3O4. The molecule has 3 atom stereocenters. The molecule has 0 bridgehead atoms. The van der Waals surface area contributed by atoms with Crippen molar-refractivity contribution in [3.8, 4) is 17.1 Å². The number of likely N-dealkylation sites (tertiary alicyclic amines) is 1. The van der Waals surface area contributed by atoms with Gasteiger partial charge in [0.05, 0.1) is 13.7 Å². The Morgan fingerprint density at radius 3 is 2.96 bits per heavy atom. The third-order valence-electron chi connectivity index (χ3n) is 5.96. The van der Waals surface area contributed by atoms with E-state index in [0.29, 0.717) is 30.2 Å². The summed E-state index contributed by atoms with van der Waals surface area (Å²) in [4.78, 5) is 18.3.